The fraction of sp³-hybridized carbons (Fsp3) is 0.556. The molecule has 74 valence electrons. The molecule has 1 unspecified atom stereocenters. The zero-order valence-electron chi connectivity index (χ0n) is 7.72. The van der Waals surface area contributed by atoms with Crippen LogP contribution in [0.2, 0.25) is 0 Å². The number of hydrogen-bond acceptors (Lipinski definition) is 3. The van der Waals surface area contributed by atoms with Gasteiger partial charge >= 0.3 is 0 Å². The van der Waals surface area contributed by atoms with E-state index in [9.17, 15) is 0 Å². The lowest BCUT2D eigenvalue weighted by molar-refractivity contribution is 0.591. The third kappa shape index (κ3) is 4.76. The van der Waals surface area contributed by atoms with E-state index in [2.05, 4.69) is 33.4 Å². The molecule has 0 spiro atoms. The van der Waals surface area contributed by atoms with Gasteiger partial charge in [0.15, 0.2) is 0 Å². The first-order valence-corrected chi connectivity index (χ1v) is 6.00. The van der Waals surface area contributed by atoms with Crippen LogP contribution < -0.4 is 11.1 Å². The Labute approximate surface area is 91.7 Å². The van der Waals surface area contributed by atoms with E-state index >= 15 is 0 Å². The van der Waals surface area contributed by atoms with Crippen LogP contribution in [0.5, 0.6) is 0 Å². The van der Waals surface area contributed by atoms with Crippen LogP contribution in [0.3, 0.4) is 0 Å². The van der Waals surface area contributed by atoms with Gasteiger partial charge in [0.25, 0.3) is 0 Å². The minimum absolute atomic E-state index is 0.294. The van der Waals surface area contributed by atoms with Gasteiger partial charge in [0.1, 0.15) is 0 Å². The molecule has 4 heteroatoms. The predicted octanol–water partition coefficient (Wildman–Crippen LogP) is 2.34. The molecule has 1 rings (SSSR count). The first-order chi connectivity index (χ1) is 6.18. The predicted molar refractivity (Wildman–Crippen MR) is 62.0 cm³/mol. The van der Waals surface area contributed by atoms with Crippen molar-refractivity contribution in [1.29, 1.82) is 0 Å². The fourth-order valence-electron chi connectivity index (χ4n) is 0.988. The molecule has 0 saturated heterocycles. The summed E-state index contributed by atoms with van der Waals surface area (Å²) in [6.45, 7) is 3.97. The normalized spacial score (nSPS) is 13.2. The standard InChI is InChI=1S/C9H15BrN2S/c1-7(11)4-5-12-6-8-2-3-9(10)13-8/h2-3,7,12H,4-6,11H2,1H3. The van der Waals surface area contributed by atoms with Gasteiger partial charge in [-0.2, -0.15) is 0 Å². The third-order valence-corrected chi connectivity index (χ3v) is 3.33. The van der Waals surface area contributed by atoms with Gasteiger partial charge in [0, 0.05) is 17.5 Å². The van der Waals surface area contributed by atoms with Gasteiger partial charge in [-0.15, -0.1) is 11.3 Å². The molecule has 0 aliphatic rings. The molecule has 0 saturated carbocycles. The molecule has 1 heterocycles. The summed E-state index contributed by atoms with van der Waals surface area (Å²) < 4.78 is 1.19. The smallest absolute Gasteiger partial charge is 0.0701 e. The van der Waals surface area contributed by atoms with E-state index in [1.165, 1.54) is 8.66 Å². The summed E-state index contributed by atoms with van der Waals surface area (Å²) in [5.74, 6) is 0. The topological polar surface area (TPSA) is 38.0 Å². The number of hydrogen-bond donors (Lipinski definition) is 2. The van der Waals surface area contributed by atoms with Crippen molar-refractivity contribution in [2.75, 3.05) is 6.54 Å². The molecular formula is C9H15BrN2S. The van der Waals surface area contributed by atoms with Crippen molar-refractivity contribution >= 4 is 27.3 Å². The van der Waals surface area contributed by atoms with E-state index in [4.69, 9.17) is 5.73 Å². The van der Waals surface area contributed by atoms with Gasteiger partial charge in [-0.1, -0.05) is 0 Å². The number of thiophene rings is 1. The lowest BCUT2D eigenvalue weighted by atomic mass is 10.2. The molecule has 0 fully saturated rings. The number of nitrogens with one attached hydrogen (secondary N) is 1. The lowest BCUT2D eigenvalue weighted by Gasteiger charge is -2.05. The average Bonchev–Trinajstić information content (AvgIpc) is 2.45. The van der Waals surface area contributed by atoms with Crippen molar-refractivity contribution in [2.45, 2.75) is 25.9 Å². The second-order valence-electron chi connectivity index (χ2n) is 3.15. The molecule has 1 atom stereocenters. The fourth-order valence-corrected chi connectivity index (χ4v) is 2.44. The van der Waals surface area contributed by atoms with Gasteiger partial charge in [-0.25, -0.2) is 0 Å². The summed E-state index contributed by atoms with van der Waals surface area (Å²) >= 11 is 5.20. The summed E-state index contributed by atoms with van der Waals surface area (Å²) in [5.41, 5.74) is 5.63. The van der Waals surface area contributed by atoms with Crippen LogP contribution >= 0.6 is 27.3 Å². The molecule has 3 N–H and O–H groups in total. The third-order valence-electron chi connectivity index (χ3n) is 1.70. The monoisotopic (exact) mass is 262 g/mol. The Morgan fingerprint density at radius 3 is 2.92 bits per heavy atom. The number of halogens is 1. The molecule has 0 aromatic carbocycles. The molecule has 0 aliphatic carbocycles. The van der Waals surface area contributed by atoms with Crippen molar-refractivity contribution in [3.8, 4) is 0 Å². The van der Waals surface area contributed by atoms with Crippen molar-refractivity contribution in [3.63, 3.8) is 0 Å². The summed E-state index contributed by atoms with van der Waals surface area (Å²) in [6, 6.07) is 4.50. The van der Waals surface area contributed by atoms with Crippen LogP contribution in [0.15, 0.2) is 15.9 Å². The summed E-state index contributed by atoms with van der Waals surface area (Å²) in [5, 5.41) is 3.36. The first-order valence-electron chi connectivity index (χ1n) is 4.39. The highest BCUT2D eigenvalue weighted by Crippen LogP contribution is 2.21. The van der Waals surface area contributed by atoms with Crippen LogP contribution in [-0.2, 0) is 6.54 Å². The Morgan fingerprint density at radius 1 is 1.62 bits per heavy atom. The zero-order valence-corrected chi connectivity index (χ0v) is 10.1. The molecule has 0 aliphatic heterocycles. The highest BCUT2D eigenvalue weighted by Gasteiger charge is 1.97. The molecule has 13 heavy (non-hydrogen) atoms. The maximum Gasteiger partial charge on any atom is 0.0701 e. The van der Waals surface area contributed by atoms with Gasteiger partial charge in [-0.3, -0.25) is 0 Å². The maximum atomic E-state index is 5.63. The van der Waals surface area contributed by atoms with Crippen LogP contribution in [0.4, 0.5) is 0 Å². The Morgan fingerprint density at radius 2 is 2.38 bits per heavy atom. The molecule has 2 nitrogen and oxygen atoms in total. The van der Waals surface area contributed by atoms with E-state index in [0.29, 0.717) is 6.04 Å². The van der Waals surface area contributed by atoms with E-state index in [-0.39, 0.29) is 0 Å². The van der Waals surface area contributed by atoms with Crippen LogP contribution in [-0.4, -0.2) is 12.6 Å². The number of nitrogens with two attached hydrogens (primary N) is 1. The molecule has 1 aromatic rings. The van der Waals surface area contributed by atoms with Gasteiger partial charge < -0.3 is 11.1 Å². The van der Waals surface area contributed by atoms with Crippen molar-refractivity contribution in [3.05, 3.63) is 20.8 Å². The van der Waals surface area contributed by atoms with E-state index < -0.39 is 0 Å². The van der Waals surface area contributed by atoms with Crippen molar-refractivity contribution in [1.82, 2.24) is 5.32 Å². The molecular weight excluding hydrogens is 248 g/mol. The van der Waals surface area contributed by atoms with Crippen LogP contribution in [0.1, 0.15) is 18.2 Å². The molecule has 0 bridgehead atoms. The number of rotatable bonds is 5. The summed E-state index contributed by atoms with van der Waals surface area (Å²) in [6.07, 6.45) is 1.03. The minimum atomic E-state index is 0.294. The van der Waals surface area contributed by atoms with Crippen molar-refractivity contribution < 1.29 is 0 Å². The van der Waals surface area contributed by atoms with Crippen LogP contribution in [0, 0.1) is 0 Å². The average molecular weight is 263 g/mol. The second-order valence-corrected chi connectivity index (χ2v) is 5.70. The highest BCUT2D eigenvalue weighted by molar-refractivity contribution is 9.11. The second kappa shape index (κ2) is 5.75. The molecule has 0 radical (unpaired) electrons. The summed E-state index contributed by atoms with van der Waals surface area (Å²) in [4.78, 5) is 1.36. The maximum absolute atomic E-state index is 5.63. The van der Waals surface area contributed by atoms with Gasteiger partial charge in [0.2, 0.25) is 0 Å². The zero-order chi connectivity index (χ0) is 9.68. The van der Waals surface area contributed by atoms with E-state index in [0.717, 1.165) is 19.5 Å². The largest absolute Gasteiger partial charge is 0.328 e. The first kappa shape index (κ1) is 11.2. The van der Waals surface area contributed by atoms with E-state index in [1.54, 1.807) is 11.3 Å². The van der Waals surface area contributed by atoms with E-state index in [1.807, 2.05) is 6.92 Å². The highest BCUT2D eigenvalue weighted by atomic mass is 79.9. The van der Waals surface area contributed by atoms with Crippen LogP contribution in [0.25, 0.3) is 0 Å². The summed E-state index contributed by atoms with van der Waals surface area (Å²) in [7, 11) is 0. The van der Waals surface area contributed by atoms with Gasteiger partial charge in [0.05, 0.1) is 3.79 Å². The molecule has 0 amide bonds. The van der Waals surface area contributed by atoms with Crippen molar-refractivity contribution in [2.24, 2.45) is 5.73 Å². The van der Waals surface area contributed by atoms with Gasteiger partial charge in [-0.05, 0) is 48.0 Å². The Hall–Kier alpha value is 0.1000. The Balaban J connectivity index is 2.13. The Kier molecular flexibility index (Phi) is 4.94. The minimum Gasteiger partial charge on any atom is -0.328 e. The lowest BCUT2D eigenvalue weighted by Crippen LogP contribution is -2.23. The Bertz CT molecular complexity index is 248. The molecule has 1 aromatic heterocycles. The SMILES string of the molecule is CC(N)CCNCc1ccc(Br)s1. The quantitative estimate of drug-likeness (QED) is 0.800.